The molecule has 2 amide bonds. The van der Waals surface area contributed by atoms with Crippen LogP contribution in [0.15, 0.2) is 48.5 Å². The number of carbonyl (C=O) groups is 2. The summed E-state index contributed by atoms with van der Waals surface area (Å²) in [4.78, 5) is 29.0. The van der Waals surface area contributed by atoms with Gasteiger partial charge in [-0.2, -0.15) is 0 Å². The zero-order chi connectivity index (χ0) is 35.1. The minimum absolute atomic E-state index is 0. The zero-order valence-corrected chi connectivity index (χ0v) is 30.0. The smallest absolute Gasteiger partial charge is 0.407 e. The number of likely N-dealkylation sites (tertiary alicyclic amines) is 2. The molecular formula is C38H63N5O7. The normalized spacial score (nSPS) is 15.7. The molecule has 2 fully saturated rings. The first-order chi connectivity index (χ1) is 24.7. The molecule has 0 atom stereocenters. The second-order valence-corrected chi connectivity index (χ2v) is 12.7. The van der Waals surface area contributed by atoms with Crippen LogP contribution >= 0.6 is 0 Å². The second kappa shape index (κ2) is 24.2. The lowest BCUT2D eigenvalue weighted by molar-refractivity contribution is -0.120. The number of carbonyl (C=O) groups excluding carboxylic acids is 2. The fourth-order valence-corrected chi connectivity index (χ4v) is 6.34. The highest BCUT2D eigenvalue weighted by Gasteiger charge is 2.29. The number of nitrogens with one attached hydrogen (secondary N) is 3. The van der Waals surface area contributed by atoms with E-state index in [4.69, 9.17) is 23.7 Å². The van der Waals surface area contributed by atoms with Gasteiger partial charge in [0.25, 0.3) is 0 Å². The number of nitrogens with zero attached hydrogens (tertiary/aromatic N) is 2. The van der Waals surface area contributed by atoms with Gasteiger partial charge in [0.05, 0.1) is 59.4 Å². The zero-order valence-electron chi connectivity index (χ0n) is 30.0. The molecule has 12 heteroatoms. The number of likely N-dealkylation sites (N-methyl/N-ethyl adjacent to an activating group) is 1. The number of amides is 2. The molecule has 282 valence electrons. The van der Waals surface area contributed by atoms with Crippen molar-refractivity contribution in [2.24, 2.45) is 0 Å². The van der Waals surface area contributed by atoms with E-state index in [1.54, 1.807) is 0 Å². The van der Waals surface area contributed by atoms with Gasteiger partial charge >= 0.3 is 6.09 Å². The minimum Gasteiger partial charge on any atom is -0.449 e. The molecule has 0 bridgehead atoms. The third-order valence-corrected chi connectivity index (χ3v) is 9.05. The van der Waals surface area contributed by atoms with Crippen molar-refractivity contribution < 1.29 is 36.1 Å². The van der Waals surface area contributed by atoms with Crippen molar-refractivity contribution in [2.45, 2.75) is 31.6 Å². The Balaban J connectivity index is 0.000000467. The van der Waals surface area contributed by atoms with Crippen molar-refractivity contribution in [2.75, 3.05) is 125 Å². The van der Waals surface area contributed by atoms with Crippen LogP contribution < -0.4 is 16.0 Å². The van der Waals surface area contributed by atoms with Crippen LogP contribution in [0.25, 0.3) is 11.1 Å². The van der Waals surface area contributed by atoms with Crippen LogP contribution in [0, 0.1) is 0 Å². The Hall–Kier alpha value is -3.10. The minimum atomic E-state index is -0.607. The summed E-state index contributed by atoms with van der Waals surface area (Å²) in [5.74, 6) is -0.299. The monoisotopic (exact) mass is 705 g/mol. The van der Waals surface area contributed by atoms with Crippen LogP contribution in [0.4, 0.5) is 4.79 Å². The Morgan fingerprint density at radius 3 is 1.66 bits per heavy atom. The van der Waals surface area contributed by atoms with Crippen LogP contribution in [-0.2, 0) is 28.5 Å². The predicted octanol–water partition coefficient (Wildman–Crippen LogP) is 3.60. The molecular weight excluding hydrogens is 638 g/mol. The van der Waals surface area contributed by atoms with E-state index in [1.165, 1.54) is 63.0 Å². The molecule has 2 heterocycles. The van der Waals surface area contributed by atoms with Crippen LogP contribution in [0.3, 0.4) is 0 Å². The summed E-state index contributed by atoms with van der Waals surface area (Å²) in [6, 6.07) is 16.3. The molecule has 1 aliphatic carbocycles. The number of ether oxygens (including phenoxy) is 5. The van der Waals surface area contributed by atoms with E-state index in [0.717, 1.165) is 57.2 Å². The summed E-state index contributed by atoms with van der Waals surface area (Å²) >= 11 is 0. The maximum Gasteiger partial charge on any atom is 0.407 e. The molecule has 2 saturated heterocycles. The number of hydrogen-bond donors (Lipinski definition) is 3. The van der Waals surface area contributed by atoms with Gasteiger partial charge in [-0.05, 0) is 81.2 Å². The van der Waals surface area contributed by atoms with Gasteiger partial charge in [0, 0.05) is 35.0 Å². The highest BCUT2D eigenvalue weighted by molar-refractivity contribution is 5.82. The number of fused-ring (bicyclic) bond motifs is 3. The molecule has 3 N–H and O–H groups in total. The molecule has 5 rings (SSSR count). The lowest BCUT2D eigenvalue weighted by Gasteiger charge is -2.14. The number of alkyl carbamates (subject to hydrolysis) is 1. The van der Waals surface area contributed by atoms with E-state index in [0.29, 0.717) is 33.0 Å². The average Bonchev–Trinajstić information content (AvgIpc) is 3.92. The fraction of sp³-hybridized carbons (Fsp3) is 0.632. The Morgan fingerprint density at radius 1 is 0.660 bits per heavy atom. The molecule has 50 heavy (non-hydrogen) atoms. The van der Waals surface area contributed by atoms with E-state index < -0.39 is 6.09 Å². The Morgan fingerprint density at radius 2 is 1.14 bits per heavy atom. The summed E-state index contributed by atoms with van der Waals surface area (Å²) in [7, 11) is 1.93. The first-order valence-electron chi connectivity index (χ1n) is 18.4. The van der Waals surface area contributed by atoms with Crippen molar-refractivity contribution in [1.82, 2.24) is 25.8 Å². The van der Waals surface area contributed by atoms with E-state index in [2.05, 4.69) is 50.0 Å². The summed E-state index contributed by atoms with van der Waals surface area (Å²) in [6.45, 7) is 13.5. The van der Waals surface area contributed by atoms with Crippen LogP contribution in [0.2, 0.25) is 0 Å². The van der Waals surface area contributed by atoms with Gasteiger partial charge in [0.15, 0.2) is 0 Å². The van der Waals surface area contributed by atoms with Gasteiger partial charge in [-0.15, -0.1) is 0 Å². The van der Waals surface area contributed by atoms with Gasteiger partial charge in [0.1, 0.15) is 6.61 Å². The largest absolute Gasteiger partial charge is 0.449 e. The van der Waals surface area contributed by atoms with Gasteiger partial charge in [0.2, 0.25) is 5.91 Å². The van der Waals surface area contributed by atoms with Crippen molar-refractivity contribution in [3.63, 3.8) is 0 Å². The van der Waals surface area contributed by atoms with E-state index >= 15 is 0 Å². The van der Waals surface area contributed by atoms with Gasteiger partial charge < -0.3 is 49.4 Å². The molecule has 2 aromatic carbocycles. The molecule has 0 aromatic heterocycles. The standard InChI is InChI=1S/C27H35N3O5.C11H24N2O2.2H2/c31-26(28-11-15-33-17-18-34-16-14-30-12-5-6-13-30)19-29-27(32)35-20-25-23-9-3-1-7-21(23)22-8-2-4-10-24(22)25;1-12-4-8-14-10-11-15-9-7-13-5-2-3-6-13;;/h1-4,7-10,25H,5-6,11-20H2,(H,28,31)(H,29,32);12H,2-11H2,1H3;2*1H/i;;2*1+2. The number of hydrogen-bond acceptors (Lipinski definition) is 10. The Labute approximate surface area is 301 Å². The fourth-order valence-electron chi connectivity index (χ4n) is 6.34. The van der Waals surface area contributed by atoms with Gasteiger partial charge in [-0.3, -0.25) is 4.79 Å². The molecule has 0 spiro atoms. The highest BCUT2D eigenvalue weighted by Crippen LogP contribution is 2.44. The van der Waals surface area contributed by atoms with E-state index in [-0.39, 0.29) is 27.8 Å². The first kappa shape index (κ1) is 39.7. The van der Waals surface area contributed by atoms with Crippen molar-refractivity contribution in [1.29, 1.82) is 0 Å². The number of benzene rings is 2. The summed E-state index contributed by atoms with van der Waals surface area (Å²) in [6.07, 6.45) is 4.68. The van der Waals surface area contributed by atoms with Gasteiger partial charge in [-0.1, -0.05) is 48.5 Å². The predicted molar refractivity (Wildman–Crippen MR) is 199 cm³/mol. The lowest BCUT2D eigenvalue weighted by Crippen LogP contribution is -2.38. The van der Waals surface area contributed by atoms with Crippen LogP contribution in [0.1, 0.15) is 45.6 Å². The molecule has 2 aliphatic heterocycles. The van der Waals surface area contributed by atoms with Gasteiger partial charge in [-0.25, -0.2) is 4.79 Å². The molecule has 0 unspecified atom stereocenters. The summed E-state index contributed by atoms with van der Waals surface area (Å²) in [5, 5.41) is 8.27. The molecule has 3 aliphatic rings. The Kier molecular flexibility index (Phi) is 19.2. The SMILES string of the molecule is CNCCOCCOCCN1CCCC1.O=C(CNC(=O)OCC1c2ccccc2-c2ccccc21)NCCOCCOCCN1CCCC1.[3HH].[3HH]. The lowest BCUT2D eigenvalue weighted by atomic mass is 9.98. The molecule has 0 radical (unpaired) electrons. The molecule has 0 saturated carbocycles. The Bertz CT molecular complexity index is 1210. The topological polar surface area (TPSA) is 123 Å². The van der Waals surface area contributed by atoms with Crippen molar-refractivity contribution >= 4 is 12.0 Å². The van der Waals surface area contributed by atoms with Crippen LogP contribution in [-0.4, -0.2) is 147 Å². The van der Waals surface area contributed by atoms with E-state index in [1.807, 2.05) is 31.3 Å². The van der Waals surface area contributed by atoms with E-state index in [9.17, 15) is 9.59 Å². The average molecular weight is 706 g/mol. The maximum atomic E-state index is 12.2. The third kappa shape index (κ3) is 14.6. The molecule has 12 nitrogen and oxygen atoms in total. The second-order valence-electron chi connectivity index (χ2n) is 12.7. The highest BCUT2D eigenvalue weighted by atomic mass is 16.5. The maximum absolute atomic E-state index is 12.2. The quantitative estimate of drug-likeness (QED) is 0.157. The number of rotatable bonds is 22. The van der Waals surface area contributed by atoms with Crippen molar-refractivity contribution in [3.8, 4) is 11.1 Å². The molecule has 2 aromatic rings. The summed E-state index contributed by atoms with van der Waals surface area (Å²) in [5.41, 5.74) is 4.65. The first-order valence-corrected chi connectivity index (χ1v) is 18.4. The third-order valence-electron chi connectivity index (χ3n) is 9.05. The summed E-state index contributed by atoms with van der Waals surface area (Å²) < 4.78 is 27.3. The van der Waals surface area contributed by atoms with Crippen molar-refractivity contribution in [3.05, 3.63) is 59.7 Å². The van der Waals surface area contributed by atoms with Crippen LogP contribution in [0.5, 0.6) is 0 Å².